The summed E-state index contributed by atoms with van der Waals surface area (Å²) in [5, 5.41) is 6.47. The molecular weight excluding hydrogens is 204 g/mol. The Balaban J connectivity index is 1.69. The van der Waals surface area contributed by atoms with Crippen molar-refractivity contribution < 1.29 is 9.53 Å². The first-order valence-electron chi connectivity index (χ1n) is 6.38. The molecule has 92 valence electrons. The standard InChI is InChI=1S/C12H22N2O2/c1-9-7-11(4-6-16-9)14-12(15)8-10-3-2-5-13-10/h9-11,13H,2-8H2,1H3,(H,14,15). The number of nitrogens with one attached hydrogen (secondary N) is 2. The fourth-order valence-electron chi connectivity index (χ4n) is 2.57. The van der Waals surface area contributed by atoms with Gasteiger partial charge in [-0.15, -0.1) is 0 Å². The number of rotatable bonds is 3. The third kappa shape index (κ3) is 3.46. The Morgan fingerprint density at radius 2 is 2.38 bits per heavy atom. The second-order valence-corrected chi connectivity index (χ2v) is 4.97. The van der Waals surface area contributed by atoms with Crippen molar-refractivity contribution in [1.29, 1.82) is 0 Å². The first-order valence-corrected chi connectivity index (χ1v) is 6.38. The minimum Gasteiger partial charge on any atom is -0.378 e. The van der Waals surface area contributed by atoms with Gasteiger partial charge in [0.1, 0.15) is 0 Å². The van der Waals surface area contributed by atoms with Gasteiger partial charge in [-0.05, 0) is 39.2 Å². The van der Waals surface area contributed by atoms with Crippen molar-refractivity contribution in [3.63, 3.8) is 0 Å². The maximum absolute atomic E-state index is 11.8. The Kier molecular flexibility index (Phi) is 4.18. The van der Waals surface area contributed by atoms with Gasteiger partial charge in [0.25, 0.3) is 0 Å². The number of carbonyl (C=O) groups is 1. The highest BCUT2D eigenvalue weighted by molar-refractivity contribution is 5.76. The minimum absolute atomic E-state index is 0.193. The average Bonchev–Trinajstić information content (AvgIpc) is 2.70. The summed E-state index contributed by atoms with van der Waals surface area (Å²) in [6.07, 6.45) is 5.15. The maximum Gasteiger partial charge on any atom is 0.221 e. The summed E-state index contributed by atoms with van der Waals surface area (Å²) in [5.74, 6) is 0.193. The zero-order valence-corrected chi connectivity index (χ0v) is 10.00. The van der Waals surface area contributed by atoms with E-state index in [-0.39, 0.29) is 12.0 Å². The van der Waals surface area contributed by atoms with Gasteiger partial charge < -0.3 is 15.4 Å². The third-order valence-electron chi connectivity index (χ3n) is 3.44. The van der Waals surface area contributed by atoms with Crippen LogP contribution in [0.1, 0.15) is 39.0 Å². The number of hydrogen-bond donors (Lipinski definition) is 2. The predicted molar refractivity (Wildman–Crippen MR) is 62.2 cm³/mol. The van der Waals surface area contributed by atoms with E-state index in [1.54, 1.807) is 0 Å². The van der Waals surface area contributed by atoms with Crippen LogP contribution in [-0.2, 0) is 9.53 Å². The topological polar surface area (TPSA) is 50.4 Å². The van der Waals surface area contributed by atoms with Crippen molar-refractivity contribution in [3.05, 3.63) is 0 Å². The fraction of sp³-hybridized carbons (Fsp3) is 0.917. The second-order valence-electron chi connectivity index (χ2n) is 4.97. The van der Waals surface area contributed by atoms with Gasteiger partial charge in [-0.2, -0.15) is 0 Å². The molecule has 0 aromatic rings. The predicted octanol–water partition coefficient (Wildman–Crippen LogP) is 0.812. The normalized spacial score (nSPS) is 34.9. The monoisotopic (exact) mass is 226 g/mol. The summed E-state index contributed by atoms with van der Waals surface area (Å²) in [6.45, 7) is 3.90. The van der Waals surface area contributed by atoms with Gasteiger partial charge in [-0.1, -0.05) is 0 Å². The molecule has 16 heavy (non-hydrogen) atoms. The molecule has 0 aromatic heterocycles. The summed E-state index contributed by atoms with van der Waals surface area (Å²) in [6, 6.07) is 0.718. The van der Waals surface area contributed by atoms with Crippen LogP contribution < -0.4 is 10.6 Å². The van der Waals surface area contributed by atoms with Crippen LogP contribution in [0.15, 0.2) is 0 Å². The molecule has 2 N–H and O–H groups in total. The SMILES string of the molecule is CC1CC(NC(=O)CC2CCCN2)CCO1. The second kappa shape index (κ2) is 5.64. The van der Waals surface area contributed by atoms with Crippen LogP contribution in [0.2, 0.25) is 0 Å². The van der Waals surface area contributed by atoms with Crippen molar-refractivity contribution in [2.75, 3.05) is 13.2 Å². The molecule has 2 fully saturated rings. The van der Waals surface area contributed by atoms with E-state index >= 15 is 0 Å². The summed E-state index contributed by atoms with van der Waals surface area (Å²) < 4.78 is 5.46. The molecule has 2 heterocycles. The van der Waals surface area contributed by atoms with Crippen molar-refractivity contribution >= 4 is 5.91 Å². The van der Waals surface area contributed by atoms with Crippen LogP contribution in [0.4, 0.5) is 0 Å². The zero-order valence-electron chi connectivity index (χ0n) is 10.00. The maximum atomic E-state index is 11.8. The van der Waals surface area contributed by atoms with Crippen molar-refractivity contribution in [2.45, 2.75) is 57.2 Å². The van der Waals surface area contributed by atoms with Gasteiger partial charge in [0.05, 0.1) is 6.10 Å². The largest absolute Gasteiger partial charge is 0.378 e. The van der Waals surface area contributed by atoms with Gasteiger partial charge in [-0.25, -0.2) is 0 Å². The van der Waals surface area contributed by atoms with Crippen molar-refractivity contribution in [1.82, 2.24) is 10.6 Å². The van der Waals surface area contributed by atoms with Crippen LogP contribution >= 0.6 is 0 Å². The molecule has 3 atom stereocenters. The van der Waals surface area contributed by atoms with Gasteiger partial charge in [0.2, 0.25) is 5.91 Å². The number of amides is 1. The zero-order chi connectivity index (χ0) is 11.4. The van der Waals surface area contributed by atoms with Gasteiger partial charge in [0.15, 0.2) is 0 Å². The Morgan fingerprint density at radius 3 is 3.06 bits per heavy atom. The Bertz CT molecular complexity index is 239. The van der Waals surface area contributed by atoms with Crippen molar-refractivity contribution in [2.24, 2.45) is 0 Å². The molecule has 2 aliphatic rings. The van der Waals surface area contributed by atoms with Crippen LogP contribution in [0, 0.1) is 0 Å². The molecule has 0 spiro atoms. The molecule has 3 unspecified atom stereocenters. The Labute approximate surface area is 97.1 Å². The molecule has 4 nitrogen and oxygen atoms in total. The molecule has 0 aliphatic carbocycles. The number of hydrogen-bond acceptors (Lipinski definition) is 3. The summed E-state index contributed by atoms with van der Waals surface area (Å²) in [5.41, 5.74) is 0. The molecule has 4 heteroatoms. The smallest absolute Gasteiger partial charge is 0.221 e. The molecule has 0 bridgehead atoms. The average molecular weight is 226 g/mol. The Morgan fingerprint density at radius 1 is 1.50 bits per heavy atom. The van der Waals surface area contributed by atoms with Crippen LogP contribution in [-0.4, -0.2) is 37.2 Å². The summed E-state index contributed by atoms with van der Waals surface area (Å²) >= 11 is 0. The lowest BCUT2D eigenvalue weighted by Crippen LogP contribution is -2.43. The van der Waals surface area contributed by atoms with Crippen LogP contribution in [0.25, 0.3) is 0 Å². The molecule has 2 saturated heterocycles. The third-order valence-corrected chi connectivity index (χ3v) is 3.44. The van der Waals surface area contributed by atoms with Gasteiger partial charge in [-0.3, -0.25) is 4.79 Å². The van der Waals surface area contributed by atoms with E-state index in [1.807, 2.05) is 0 Å². The fourth-order valence-corrected chi connectivity index (χ4v) is 2.57. The lowest BCUT2D eigenvalue weighted by molar-refractivity contribution is -0.123. The molecule has 0 aromatic carbocycles. The van der Waals surface area contributed by atoms with Gasteiger partial charge >= 0.3 is 0 Å². The van der Waals surface area contributed by atoms with E-state index in [2.05, 4.69) is 17.6 Å². The summed E-state index contributed by atoms with van der Waals surface area (Å²) in [4.78, 5) is 11.8. The minimum atomic E-state index is 0.193. The van der Waals surface area contributed by atoms with Crippen LogP contribution in [0.5, 0.6) is 0 Å². The van der Waals surface area contributed by atoms with E-state index in [1.165, 1.54) is 6.42 Å². The van der Waals surface area contributed by atoms with E-state index in [0.29, 0.717) is 18.5 Å². The lowest BCUT2D eigenvalue weighted by Gasteiger charge is -2.28. The molecule has 0 saturated carbocycles. The first-order chi connectivity index (χ1) is 7.74. The molecule has 2 rings (SSSR count). The Hall–Kier alpha value is -0.610. The molecular formula is C12H22N2O2. The van der Waals surface area contributed by atoms with E-state index < -0.39 is 0 Å². The molecule has 2 aliphatic heterocycles. The van der Waals surface area contributed by atoms with Gasteiger partial charge in [0, 0.05) is 25.1 Å². The van der Waals surface area contributed by atoms with E-state index in [0.717, 1.165) is 32.4 Å². The highest BCUT2D eigenvalue weighted by atomic mass is 16.5. The lowest BCUT2D eigenvalue weighted by atomic mass is 10.0. The van der Waals surface area contributed by atoms with Crippen LogP contribution in [0.3, 0.4) is 0 Å². The van der Waals surface area contributed by atoms with Crippen molar-refractivity contribution in [3.8, 4) is 0 Å². The summed E-state index contributed by atoms with van der Waals surface area (Å²) in [7, 11) is 0. The van der Waals surface area contributed by atoms with E-state index in [9.17, 15) is 4.79 Å². The first kappa shape index (κ1) is 11.9. The number of ether oxygens (including phenoxy) is 1. The van der Waals surface area contributed by atoms with E-state index in [4.69, 9.17) is 4.74 Å². The molecule has 0 radical (unpaired) electrons. The number of carbonyl (C=O) groups excluding carboxylic acids is 1. The highest BCUT2D eigenvalue weighted by Crippen LogP contribution is 2.14. The quantitative estimate of drug-likeness (QED) is 0.749. The highest BCUT2D eigenvalue weighted by Gasteiger charge is 2.23. The molecule has 1 amide bonds.